The van der Waals surface area contributed by atoms with Gasteiger partial charge in [-0.2, -0.15) is 5.10 Å². The van der Waals surface area contributed by atoms with E-state index in [1.165, 1.54) is 24.3 Å². The number of carboxylic acids is 1. The molecular weight excluding hydrogens is 270 g/mol. The second kappa shape index (κ2) is 6.69. The van der Waals surface area contributed by atoms with Gasteiger partial charge in [0, 0.05) is 17.8 Å². The molecule has 0 atom stereocenters. The number of hydrogen-bond acceptors (Lipinski definition) is 3. The summed E-state index contributed by atoms with van der Waals surface area (Å²) in [6.07, 6.45) is 3.46. The van der Waals surface area contributed by atoms with Crippen LogP contribution in [0.3, 0.4) is 0 Å². The molecule has 0 aliphatic heterocycles. The van der Waals surface area contributed by atoms with Crippen LogP contribution < -0.4 is 5.32 Å². The first-order chi connectivity index (χ1) is 10.1. The molecule has 1 heterocycles. The number of carbonyl (C=O) groups is 2. The van der Waals surface area contributed by atoms with Crippen LogP contribution in [0, 0.1) is 6.92 Å². The van der Waals surface area contributed by atoms with Crippen LogP contribution in [0.25, 0.3) is 0 Å². The smallest absolute Gasteiger partial charge is 0.335 e. The molecule has 1 aromatic carbocycles. The Morgan fingerprint density at radius 1 is 1.24 bits per heavy atom. The monoisotopic (exact) mass is 287 g/mol. The summed E-state index contributed by atoms with van der Waals surface area (Å²) in [7, 11) is 0. The Morgan fingerprint density at radius 3 is 2.48 bits per heavy atom. The Kier molecular flexibility index (Phi) is 4.71. The third-order valence-corrected chi connectivity index (χ3v) is 3.24. The number of nitrogens with zero attached hydrogens (tertiary/aromatic N) is 1. The SMILES string of the molecule is Cc1[nH]ncc1CCCNC(=O)c1ccc(C(=O)O)cc1. The van der Waals surface area contributed by atoms with Gasteiger partial charge >= 0.3 is 5.97 Å². The first-order valence-corrected chi connectivity index (χ1v) is 6.68. The zero-order valence-corrected chi connectivity index (χ0v) is 11.7. The fourth-order valence-electron chi connectivity index (χ4n) is 1.97. The number of rotatable bonds is 6. The first kappa shape index (κ1) is 14.8. The van der Waals surface area contributed by atoms with Crippen LogP contribution in [0.15, 0.2) is 30.5 Å². The van der Waals surface area contributed by atoms with Crippen molar-refractivity contribution in [2.45, 2.75) is 19.8 Å². The summed E-state index contributed by atoms with van der Waals surface area (Å²) < 4.78 is 0. The second-order valence-corrected chi connectivity index (χ2v) is 4.76. The highest BCUT2D eigenvalue weighted by Gasteiger charge is 2.07. The maximum Gasteiger partial charge on any atom is 0.335 e. The van der Waals surface area contributed by atoms with E-state index < -0.39 is 5.97 Å². The van der Waals surface area contributed by atoms with Gasteiger partial charge in [-0.3, -0.25) is 9.89 Å². The van der Waals surface area contributed by atoms with Gasteiger partial charge in [-0.05, 0) is 49.6 Å². The lowest BCUT2D eigenvalue weighted by molar-refractivity contribution is 0.0696. The third-order valence-electron chi connectivity index (χ3n) is 3.24. The molecule has 0 radical (unpaired) electrons. The molecule has 1 amide bonds. The second-order valence-electron chi connectivity index (χ2n) is 4.76. The highest BCUT2D eigenvalue weighted by molar-refractivity contribution is 5.95. The molecular formula is C15H17N3O3. The average molecular weight is 287 g/mol. The highest BCUT2D eigenvalue weighted by Crippen LogP contribution is 2.06. The molecule has 21 heavy (non-hydrogen) atoms. The first-order valence-electron chi connectivity index (χ1n) is 6.68. The van der Waals surface area contributed by atoms with E-state index in [9.17, 15) is 9.59 Å². The lowest BCUT2D eigenvalue weighted by Crippen LogP contribution is -2.24. The van der Waals surface area contributed by atoms with Gasteiger partial charge < -0.3 is 10.4 Å². The summed E-state index contributed by atoms with van der Waals surface area (Å²) in [5, 5.41) is 18.4. The molecule has 0 saturated carbocycles. The fraction of sp³-hybridized carbons (Fsp3) is 0.267. The number of carbonyl (C=O) groups excluding carboxylic acids is 1. The zero-order valence-electron chi connectivity index (χ0n) is 11.7. The molecule has 0 bridgehead atoms. The van der Waals surface area contributed by atoms with Crippen LogP contribution in [0.2, 0.25) is 0 Å². The van der Waals surface area contributed by atoms with Gasteiger partial charge in [0.15, 0.2) is 0 Å². The van der Waals surface area contributed by atoms with Crippen LogP contribution in [-0.2, 0) is 6.42 Å². The largest absolute Gasteiger partial charge is 0.478 e. The van der Waals surface area contributed by atoms with Gasteiger partial charge in [-0.1, -0.05) is 0 Å². The number of hydrogen-bond donors (Lipinski definition) is 3. The Labute approximate surface area is 122 Å². The van der Waals surface area contributed by atoms with Gasteiger partial charge in [0.2, 0.25) is 0 Å². The molecule has 0 aliphatic rings. The minimum atomic E-state index is -1.00. The summed E-state index contributed by atoms with van der Waals surface area (Å²) in [4.78, 5) is 22.6. The quantitative estimate of drug-likeness (QED) is 0.706. The number of amides is 1. The Hall–Kier alpha value is -2.63. The van der Waals surface area contributed by atoms with E-state index in [0.717, 1.165) is 24.1 Å². The van der Waals surface area contributed by atoms with Crippen molar-refractivity contribution in [3.05, 3.63) is 52.8 Å². The van der Waals surface area contributed by atoms with E-state index >= 15 is 0 Å². The summed E-state index contributed by atoms with van der Waals surface area (Å²) in [5.41, 5.74) is 2.82. The normalized spacial score (nSPS) is 10.3. The molecule has 0 unspecified atom stereocenters. The topological polar surface area (TPSA) is 95.1 Å². The number of aromatic carboxylic acids is 1. The van der Waals surface area contributed by atoms with Crippen molar-refractivity contribution in [3.8, 4) is 0 Å². The lowest BCUT2D eigenvalue weighted by atomic mass is 10.1. The van der Waals surface area contributed by atoms with Crippen LogP contribution >= 0.6 is 0 Å². The van der Waals surface area contributed by atoms with E-state index in [-0.39, 0.29) is 11.5 Å². The molecule has 0 aliphatic carbocycles. The van der Waals surface area contributed by atoms with Gasteiger partial charge in [-0.15, -0.1) is 0 Å². The lowest BCUT2D eigenvalue weighted by Gasteiger charge is -2.05. The maximum absolute atomic E-state index is 11.9. The minimum Gasteiger partial charge on any atom is -0.478 e. The van der Waals surface area contributed by atoms with Crippen molar-refractivity contribution in [1.82, 2.24) is 15.5 Å². The van der Waals surface area contributed by atoms with Crippen LogP contribution in [0.4, 0.5) is 0 Å². The number of benzene rings is 1. The molecule has 6 heteroatoms. The average Bonchev–Trinajstić information content (AvgIpc) is 2.89. The van der Waals surface area contributed by atoms with Crippen molar-refractivity contribution in [3.63, 3.8) is 0 Å². The van der Waals surface area contributed by atoms with Crippen molar-refractivity contribution >= 4 is 11.9 Å². The number of aromatic amines is 1. The molecule has 3 N–H and O–H groups in total. The minimum absolute atomic E-state index is 0.169. The number of aromatic nitrogens is 2. The molecule has 0 spiro atoms. The molecule has 0 saturated heterocycles. The number of nitrogens with one attached hydrogen (secondary N) is 2. The van der Waals surface area contributed by atoms with Gasteiger partial charge in [0.1, 0.15) is 0 Å². The van der Waals surface area contributed by atoms with E-state index in [4.69, 9.17) is 5.11 Å². The Bertz CT molecular complexity index is 632. The van der Waals surface area contributed by atoms with Gasteiger partial charge in [0.25, 0.3) is 5.91 Å². The molecule has 110 valence electrons. The predicted octanol–water partition coefficient (Wildman–Crippen LogP) is 1.78. The van der Waals surface area contributed by atoms with Crippen molar-refractivity contribution in [1.29, 1.82) is 0 Å². The molecule has 1 aromatic heterocycles. The summed E-state index contributed by atoms with van der Waals surface area (Å²) in [5.74, 6) is -1.20. The number of H-pyrrole nitrogens is 1. The van der Waals surface area contributed by atoms with Crippen molar-refractivity contribution in [2.24, 2.45) is 0 Å². The molecule has 2 rings (SSSR count). The number of carboxylic acid groups (broad SMARTS) is 1. The zero-order chi connectivity index (χ0) is 15.2. The van der Waals surface area contributed by atoms with Crippen LogP contribution in [0.5, 0.6) is 0 Å². The van der Waals surface area contributed by atoms with Crippen LogP contribution in [-0.4, -0.2) is 33.7 Å². The molecule has 2 aromatic rings. The van der Waals surface area contributed by atoms with E-state index in [1.807, 2.05) is 6.92 Å². The summed E-state index contributed by atoms with van der Waals surface area (Å²) >= 11 is 0. The predicted molar refractivity (Wildman–Crippen MR) is 77.4 cm³/mol. The maximum atomic E-state index is 11.9. The van der Waals surface area contributed by atoms with E-state index in [0.29, 0.717) is 12.1 Å². The Morgan fingerprint density at radius 2 is 1.90 bits per heavy atom. The van der Waals surface area contributed by atoms with Crippen LogP contribution in [0.1, 0.15) is 38.4 Å². The van der Waals surface area contributed by atoms with E-state index in [1.54, 1.807) is 6.20 Å². The van der Waals surface area contributed by atoms with Crippen molar-refractivity contribution < 1.29 is 14.7 Å². The third kappa shape index (κ3) is 3.92. The van der Waals surface area contributed by atoms with Gasteiger partial charge in [0.05, 0.1) is 11.8 Å². The summed E-state index contributed by atoms with van der Waals surface area (Å²) in [6, 6.07) is 5.87. The van der Waals surface area contributed by atoms with E-state index in [2.05, 4.69) is 15.5 Å². The fourth-order valence-corrected chi connectivity index (χ4v) is 1.97. The number of aryl methyl sites for hydroxylation is 2. The molecule has 6 nitrogen and oxygen atoms in total. The summed E-state index contributed by atoms with van der Waals surface area (Å²) in [6.45, 7) is 2.52. The Balaban J connectivity index is 1.79. The standard InChI is InChI=1S/C15H17N3O3/c1-10-13(9-17-18-10)3-2-8-16-14(19)11-4-6-12(7-5-11)15(20)21/h4-7,9H,2-3,8H2,1H3,(H,16,19)(H,17,18)(H,20,21). The van der Waals surface area contributed by atoms with Gasteiger partial charge in [-0.25, -0.2) is 4.79 Å². The highest BCUT2D eigenvalue weighted by atomic mass is 16.4. The van der Waals surface area contributed by atoms with Crippen molar-refractivity contribution in [2.75, 3.05) is 6.54 Å². The molecule has 0 fully saturated rings.